The van der Waals surface area contributed by atoms with Crippen LogP contribution in [-0.2, 0) is 21.8 Å². The molecule has 0 saturated carbocycles. The molecule has 0 aliphatic rings. The number of hydrogen-bond donors (Lipinski definition) is 0. The summed E-state index contributed by atoms with van der Waals surface area (Å²) in [5.41, 5.74) is 2.97. The maximum atomic E-state index is 11.3. The summed E-state index contributed by atoms with van der Waals surface area (Å²) < 4.78 is 4.60. The molecule has 3 nitrogen and oxygen atoms in total. The fourth-order valence-corrected chi connectivity index (χ4v) is 1.89. The van der Waals surface area contributed by atoms with Crippen molar-refractivity contribution < 1.29 is 9.53 Å². The molecule has 0 radical (unpaired) electrons. The molecule has 16 heavy (non-hydrogen) atoms. The highest BCUT2D eigenvalue weighted by Crippen LogP contribution is 2.21. The van der Waals surface area contributed by atoms with E-state index < -0.39 is 0 Å². The Balaban J connectivity index is 3.26. The number of esters is 1. The van der Waals surface area contributed by atoms with Crippen LogP contribution in [0.15, 0.2) is 12.1 Å². The van der Waals surface area contributed by atoms with Crippen LogP contribution in [0.2, 0.25) is 0 Å². The van der Waals surface area contributed by atoms with Crippen LogP contribution in [-0.4, -0.2) is 13.1 Å². The quantitative estimate of drug-likeness (QED) is 0.599. The van der Waals surface area contributed by atoms with Crippen LogP contribution in [0.25, 0.3) is 0 Å². The summed E-state index contributed by atoms with van der Waals surface area (Å²) in [6, 6.07) is 5.59. The first-order valence-electron chi connectivity index (χ1n) is 4.78. The Labute approximate surface area is 99.6 Å². The molecule has 0 N–H and O–H groups in total. The first-order valence-corrected chi connectivity index (χ1v) is 5.31. The number of carbonyl (C=O) groups excluding carboxylic acids is 1. The normalized spacial score (nSPS) is 9.62. The van der Waals surface area contributed by atoms with Crippen LogP contribution in [0.4, 0.5) is 0 Å². The first-order chi connectivity index (χ1) is 7.63. The summed E-state index contributed by atoms with van der Waals surface area (Å²) in [5.74, 6) is -0.0818. The zero-order chi connectivity index (χ0) is 12.1. The van der Waals surface area contributed by atoms with Gasteiger partial charge in [0, 0.05) is 5.88 Å². The van der Waals surface area contributed by atoms with Gasteiger partial charge in [-0.05, 0) is 29.7 Å². The molecule has 0 bridgehead atoms. The van der Waals surface area contributed by atoms with Gasteiger partial charge < -0.3 is 4.74 Å². The average molecular weight is 238 g/mol. The third-order valence-corrected chi connectivity index (χ3v) is 2.74. The monoisotopic (exact) mass is 237 g/mol. The molecule has 1 aromatic rings. The molecule has 1 rings (SSSR count). The van der Waals surface area contributed by atoms with E-state index in [9.17, 15) is 4.79 Å². The minimum Gasteiger partial charge on any atom is -0.469 e. The second kappa shape index (κ2) is 5.53. The number of carbonyl (C=O) groups is 1. The van der Waals surface area contributed by atoms with Crippen LogP contribution < -0.4 is 0 Å². The van der Waals surface area contributed by atoms with Crippen LogP contribution in [0.1, 0.15) is 22.3 Å². The van der Waals surface area contributed by atoms with Gasteiger partial charge in [0.2, 0.25) is 0 Å². The van der Waals surface area contributed by atoms with Gasteiger partial charge in [0.1, 0.15) is 0 Å². The fraction of sp³-hybridized carbons (Fsp3) is 0.333. The van der Waals surface area contributed by atoms with E-state index in [4.69, 9.17) is 16.9 Å². The zero-order valence-corrected chi connectivity index (χ0v) is 9.97. The van der Waals surface area contributed by atoms with Crippen LogP contribution in [0.3, 0.4) is 0 Å². The molecule has 84 valence electrons. The van der Waals surface area contributed by atoms with Crippen molar-refractivity contribution in [3.05, 3.63) is 34.4 Å². The van der Waals surface area contributed by atoms with Crippen LogP contribution in [0.5, 0.6) is 0 Å². The van der Waals surface area contributed by atoms with E-state index in [-0.39, 0.29) is 18.3 Å². The number of alkyl halides is 1. The lowest BCUT2D eigenvalue weighted by molar-refractivity contribution is -0.139. The van der Waals surface area contributed by atoms with Gasteiger partial charge >= 0.3 is 5.97 Å². The maximum absolute atomic E-state index is 11.3. The first kappa shape index (κ1) is 12.5. The standard InChI is InChI=1S/C12H12ClNO2/c1-8-3-4-9(7-14)10(11(8)6-13)5-12(15)16-2/h3-4H,5-6H2,1-2H3. The number of nitriles is 1. The molecule has 0 fully saturated rings. The third kappa shape index (κ3) is 2.53. The molecular formula is C12H12ClNO2. The van der Waals surface area contributed by atoms with Crippen molar-refractivity contribution in [3.63, 3.8) is 0 Å². The fourth-order valence-electron chi connectivity index (χ4n) is 1.52. The number of halogens is 1. The van der Waals surface area contributed by atoms with Gasteiger partial charge in [-0.1, -0.05) is 6.07 Å². The Morgan fingerprint density at radius 2 is 2.19 bits per heavy atom. The summed E-state index contributed by atoms with van der Waals surface area (Å²) in [4.78, 5) is 11.3. The van der Waals surface area contributed by atoms with Crippen molar-refractivity contribution in [2.24, 2.45) is 0 Å². The summed E-state index contributed by atoms with van der Waals surface area (Å²) in [7, 11) is 1.32. The van der Waals surface area contributed by atoms with E-state index in [0.29, 0.717) is 11.1 Å². The number of hydrogen-bond acceptors (Lipinski definition) is 3. The Morgan fingerprint density at radius 3 is 2.69 bits per heavy atom. The number of methoxy groups -OCH3 is 1. The third-order valence-electron chi connectivity index (χ3n) is 2.47. The SMILES string of the molecule is COC(=O)Cc1c(C#N)ccc(C)c1CCl. The lowest BCUT2D eigenvalue weighted by Crippen LogP contribution is -2.09. The Bertz CT molecular complexity index is 449. The van der Waals surface area contributed by atoms with Crippen molar-refractivity contribution >= 4 is 17.6 Å². The van der Waals surface area contributed by atoms with Gasteiger partial charge in [-0.2, -0.15) is 5.26 Å². The van der Waals surface area contributed by atoms with Crippen molar-refractivity contribution in [3.8, 4) is 6.07 Å². The van der Waals surface area contributed by atoms with Crippen molar-refractivity contribution in [1.29, 1.82) is 5.26 Å². The number of benzene rings is 1. The molecule has 0 spiro atoms. The second-order valence-corrected chi connectivity index (χ2v) is 3.65. The van der Waals surface area contributed by atoms with E-state index >= 15 is 0 Å². The molecule has 0 amide bonds. The predicted molar refractivity (Wildman–Crippen MR) is 61.2 cm³/mol. The molecule has 1 aromatic carbocycles. The molecule has 0 atom stereocenters. The Kier molecular flexibility index (Phi) is 4.33. The lowest BCUT2D eigenvalue weighted by Gasteiger charge is -2.11. The number of nitrogens with zero attached hydrogens (tertiary/aromatic N) is 1. The summed E-state index contributed by atoms with van der Waals surface area (Å²) >= 11 is 5.83. The summed E-state index contributed by atoms with van der Waals surface area (Å²) in [5, 5.41) is 8.97. The molecule has 4 heteroatoms. The van der Waals surface area contributed by atoms with Gasteiger partial charge in [-0.15, -0.1) is 11.6 Å². The highest BCUT2D eigenvalue weighted by Gasteiger charge is 2.14. The zero-order valence-electron chi connectivity index (χ0n) is 9.21. The maximum Gasteiger partial charge on any atom is 0.310 e. The summed E-state index contributed by atoms with van der Waals surface area (Å²) in [6.45, 7) is 1.90. The van der Waals surface area contributed by atoms with Gasteiger partial charge in [0.05, 0.1) is 25.2 Å². The van der Waals surface area contributed by atoms with E-state index in [2.05, 4.69) is 10.8 Å². The van der Waals surface area contributed by atoms with Gasteiger partial charge in [-0.3, -0.25) is 4.79 Å². The molecule has 0 aromatic heterocycles. The lowest BCUT2D eigenvalue weighted by atomic mass is 9.96. The van der Waals surface area contributed by atoms with Gasteiger partial charge in [-0.25, -0.2) is 0 Å². The van der Waals surface area contributed by atoms with E-state index in [1.54, 1.807) is 6.07 Å². The molecular weight excluding hydrogens is 226 g/mol. The Hall–Kier alpha value is -1.53. The highest BCUT2D eigenvalue weighted by atomic mass is 35.5. The average Bonchev–Trinajstić information content (AvgIpc) is 2.29. The Morgan fingerprint density at radius 1 is 1.50 bits per heavy atom. The molecule has 0 unspecified atom stereocenters. The van der Waals surface area contributed by atoms with Gasteiger partial charge in [0.15, 0.2) is 0 Å². The van der Waals surface area contributed by atoms with Crippen molar-refractivity contribution in [2.75, 3.05) is 7.11 Å². The van der Waals surface area contributed by atoms with Gasteiger partial charge in [0.25, 0.3) is 0 Å². The number of ether oxygens (including phenoxy) is 1. The number of rotatable bonds is 3. The van der Waals surface area contributed by atoms with Crippen LogP contribution in [0, 0.1) is 18.3 Å². The molecule has 0 aliphatic carbocycles. The topological polar surface area (TPSA) is 50.1 Å². The molecule has 0 heterocycles. The minimum absolute atomic E-state index is 0.0864. The highest BCUT2D eigenvalue weighted by molar-refractivity contribution is 6.17. The molecule has 0 saturated heterocycles. The van der Waals surface area contributed by atoms with Crippen molar-refractivity contribution in [1.82, 2.24) is 0 Å². The molecule has 0 aliphatic heterocycles. The van der Waals surface area contributed by atoms with Crippen molar-refractivity contribution in [2.45, 2.75) is 19.2 Å². The number of aryl methyl sites for hydroxylation is 1. The van der Waals surface area contributed by atoms with E-state index in [0.717, 1.165) is 11.1 Å². The minimum atomic E-state index is -0.367. The van der Waals surface area contributed by atoms with E-state index in [1.807, 2.05) is 13.0 Å². The van der Waals surface area contributed by atoms with E-state index in [1.165, 1.54) is 7.11 Å². The predicted octanol–water partition coefficient (Wildman–Crippen LogP) is 2.32. The summed E-state index contributed by atoms with van der Waals surface area (Å²) in [6.07, 6.45) is 0.0864. The second-order valence-electron chi connectivity index (χ2n) is 3.39. The van der Waals surface area contributed by atoms with Crippen LogP contribution >= 0.6 is 11.6 Å². The largest absolute Gasteiger partial charge is 0.469 e. The smallest absolute Gasteiger partial charge is 0.310 e.